The van der Waals surface area contributed by atoms with Gasteiger partial charge in [-0.2, -0.15) is 0 Å². The summed E-state index contributed by atoms with van der Waals surface area (Å²) in [6, 6.07) is 10.5. The van der Waals surface area contributed by atoms with E-state index in [0.717, 1.165) is 35.1 Å². The average molecular weight is 434 g/mol. The lowest BCUT2D eigenvalue weighted by Crippen LogP contribution is -2.32. The van der Waals surface area contributed by atoms with Crippen LogP contribution in [0.2, 0.25) is 0 Å². The highest BCUT2D eigenvalue weighted by Gasteiger charge is 2.27. The Kier molecular flexibility index (Phi) is 5.50. The van der Waals surface area contributed by atoms with Crippen LogP contribution in [0.25, 0.3) is 11.0 Å². The summed E-state index contributed by atoms with van der Waals surface area (Å²) in [5, 5.41) is 6.26. The van der Waals surface area contributed by atoms with Gasteiger partial charge in [-0.25, -0.2) is 4.79 Å². The van der Waals surface area contributed by atoms with Crippen molar-refractivity contribution in [1.82, 2.24) is 0 Å². The molecule has 0 aliphatic carbocycles. The molecule has 0 spiro atoms. The Balaban J connectivity index is 1.57. The number of carbonyl (C=O) groups is 2. The Morgan fingerprint density at radius 2 is 1.72 bits per heavy atom. The van der Waals surface area contributed by atoms with Gasteiger partial charge in [-0.15, -0.1) is 0 Å². The predicted molar refractivity (Wildman–Crippen MR) is 123 cm³/mol. The summed E-state index contributed by atoms with van der Waals surface area (Å²) in [7, 11) is 0. The lowest BCUT2D eigenvalue weighted by Gasteiger charge is -2.32. The van der Waals surface area contributed by atoms with Crippen LogP contribution in [0.15, 0.2) is 45.6 Å². The van der Waals surface area contributed by atoms with Crippen molar-refractivity contribution < 1.29 is 18.7 Å². The first-order valence-corrected chi connectivity index (χ1v) is 10.6. The van der Waals surface area contributed by atoms with Gasteiger partial charge in [-0.1, -0.05) is 0 Å². The number of aryl methyl sites for hydroxylation is 2. The first-order chi connectivity index (χ1) is 15.1. The third-order valence-corrected chi connectivity index (χ3v) is 5.68. The Bertz CT molecular complexity index is 1270. The molecule has 7 nitrogen and oxygen atoms in total. The number of carbonyl (C=O) groups excluding carboxylic acids is 2. The van der Waals surface area contributed by atoms with Crippen LogP contribution in [0.3, 0.4) is 0 Å². The zero-order chi connectivity index (χ0) is 23.0. The molecule has 0 unspecified atom stereocenters. The van der Waals surface area contributed by atoms with E-state index in [1.807, 2.05) is 26.8 Å². The van der Waals surface area contributed by atoms with Crippen molar-refractivity contribution in [1.29, 1.82) is 0 Å². The molecule has 3 aromatic rings. The molecule has 32 heavy (non-hydrogen) atoms. The number of ether oxygens (including phenoxy) is 1. The van der Waals surface area contributed by atoms with Gasteiger partial charge < -0.3 is 19.8 Å². The quantitative estimate of drug-likeness (QED) is 0.595. The molecule has 1 aliphatic heterocycles. The third-order valence-electron chi connectivity index (χ3n) is 5.68. The Morgan fingerprint density at radius 1 is 1.06 bits per heavy atom. The molecule has 4 rings (SSSR count). The maximum atomic E-state index is 12.7. The van der Waals surface area contributed by atoms with Crippen molar-refractivity contribution in [3.05, 3.63) is 63.5 Å². The van der Waals surface area contributed by atoms with Crippen molar-refractivity contribution in [3.63, 3.8) is 0 Å². The highest BCUT2D eigenvalue weighted by molar-refractivity contribution is 5.94. The number of nitrogens with one attached hydrogen (secondary N) is 2. The molecular formula is C25H26N2O5. The minimum Gasteiger partial charge on any atom is -0.487 e. The molecule has 2 aromatic carbocycles. The molecule has 2 heterocycles. The fourth-order valence-corrected chi connectivity index (χ4v) is 3.95. The fraction of sp³-hybridized carbons (Fsp3) is 0.320. The van der Waals surface area contributed by atoms with Crippen LogP contribution in [-0.4, -0.2) is 17.4 Å². The second-order valence-electron chi connectivity index (χ2n) is 8.79. The van der Waals surface area contributed by atoms with Gasteiger partial charge in [0, 0.05) is 29.8 Å². The molecule has 0 fully saturated rings. The predicted octanol–water partition coefficient (Wildman–Crippen LogP) is 4.34. The minimum absolute atomic E-state index is 0.0990. The van der Waals surface area contributed by atoms with Crippen molar-refractivity contribution in [2.75, 3.05) is 10.6 Å². The molecule has 0 radical (unpaired) electrons. The van der Waals surface area contributed by atoms with Crippen LogP contribution in [0.5, 0.6) is 5.75 Å². The van der Waals surface area contributed by atoms with E-state index in [4.69, 9.17) is 9.15 Å². The smallest absolute Gasteiger partial charge is 0.340 e. The summed E-state index contributed by atoms with van der Waals surface area (Å²) in [6.45, 7) is 7.34. The fourth-order valence-electron chi connectivity index (χ4n) is 3.95. The Labute approximate surface area is 185 Å². The number of hydrogen-bond donors (Lipinski definition) is 2. The van der Waals surface area contributed by atoms with E-state index in [9.17, 15) is 14.4 Å². The van der Waals surface area contributed by atoms with E-state index in [1.165, 1.54) is 6.92 Å². The molecule has 2 amide bonds. The Morgan fingerprint density at radius 3 is 2.38 bits per heavy atom. The lowest BCUT2D eigenvalue weighted by molar-refractivity contribution is -0.116. The van der Waals surface area contributed by atoms with Gasteiger partial charge in [-0.3, -0.25) is 9.59 Å². The van der Waals surface area contributed by atoms with Crippen molar-refractivity contribution in [2.45, 2.75) is 52.6 Å². The highest BCUT2D eigenvalue weighted by atomic mass is 16.5. The number of fused-ring (bicyclic) bond motifs is 2. The van der Waals surface area contributed by atoms with Crippen LogP contribution >= 0.6 is 0 Å². The van der Waals surface area contributed by atoms with Gasteiger partial charge in [0.05, 0.1) is 12.0 Å². The number of amides is 2. The maximum absolute atomic E-state index is 12.7. The van der Waals surface area contributed by atoms with E-state index in [2.05, 4.69) is 10.6 Å². The van der Waals surface area contributed by atoms with Gasteiger partial charge in [0.2, 0.25) is 11.8 Å². The van der Waals surface area contributed by atoms with Gasteiger partial charge in [-0.05, 0) is 75.1 Å². The molecule has 0 saturated carbocycles. The Hall–Kier alpha value is -3.61. The van der Waals surface area contributed by atoms with E-state index < -0.39 is 5.63 Å². The maximum Gasteiger partial charge on any atom is 0.340 e. The van der Waals surface area contributed by atoms with Gasteiger partial charge in [0.25, 0.3) is 0 Å². The average Bonchev–Trinajstić information content (AvgIpc) is 2.70. The van der Waals surface area contributed by atoms with Gasteiger partial charge in [0.15, 0.2) is 0 Å². The molecule has 2 N–H and O–H groups in total. The first-order valence-electron chi connectivity index (χ1n) is 10.6. The lowest BCUT2D eigenvalue weighted by atomic mass is 9.92. The standard InChI is InChI=1S/C25H26N2O5/c1-14-19-11-16-9-10-25(3,4)32-21(16)13-22(19)31-24(30)20(14)12-23(29)27-18-7-5-17(6-8-18)26-15(2)28/h5-8,11,13H,9-10,12H2,1-4H3,(H,26,28)(H,27,29). The van der Waals surface area contributed by atoms with E-state index in [0.29, 0.717) is 22.5 Å². The second kappa shape index (κ2) is 8.15. The zero-order valence-corrected chi connectivity index (χ0v) is 18.6. The number of anilines is 2. The summed E-state index contributed by atoms with van der Waals surface area (Å²) < 4.78 is 11.6. The summed E-state index contributed by atoms with van der Waals surface area (Å²) >= 11 is 0. The molecule has 1 aromatic heterocycles. The van der Waals surface area contributed by atoms with Gasteiger partial charge >= 0.3 is 5.63 Å². The van der Waals surface area contributed by atoms with Crippen LogP contribution < -0.4 is 21.0 Å². The number of rotatable bonds is 4. The van der Waals surface area contributed by atoms with Crippen LogP contribution in [0.4, 0.5) is 11.4 Å². The van der Waals surface area contributed by atoms with Crippen LogP contribution in [-0.2, 0) is 22.4 Å². The van der Waals surface area contributed by atoms with Crippen molar-refractivity contribution in [3.8, 4) is 5.75 Å². The second-order valence-corrected chi connectivity index (χ2v) is 8.79. The van der Waals surface area contributed by atoms with E-state index in [-0.39, 0.29) is 23.8 Å². The van der Waals surface area contributed by atoms with Crippen molar-refractivity contribution >= 4 is 34.2 Å². The topological polar surface area (TPSA) is 97.6 Å². The summed E-state index contributed by atoms with van der Waals surface area (Å²) in [6.07, 6.45) is 1.68. The zero-order valence-electron chi connectivity index (χ0n) is 18.6. The molecule has 0 saturated heterocycles. The van der Waals surface area contributed by atoms with Crippen LogP contribution in [0, 0.1) is 6.92 Å². The molecule has 0 atom stereocenters. The van der Waals surface area contributed by atoms with Gasteiger partial charge in [0.1, 0.15) is 16.9 Å². The summed E-state index contributed by atoms with van der Waals surface area (Å²) in [5.74, 6) is 0.247. The minimum atomic E-state index is -0.527. The highest BCUT2D eigenvalue weighted by Crippen LogP contribution is 2.36. The summed E-state index contributed by atoms with van der Waals surface area (Å²) in [5.41, 5.74) is 3.03. The largest absolute Gasteiger partial charge is 0.487 e. The SMILES string of the molecule is CC(=O)Nc1ccc(NC(=O)Cc2c(C)c3cc4c(cc3oc2=O)OC(C)(C)CC4)cc1. The molecule has 0 bridgehead atoms. The van der Waals surface area contributed by atoms with Crippen LogP contribution in [0.1, 0.15) is 43.9 Å². The van der Waals surface area contributed by atoms with E-state index >= 15 is 0 Å². The van der Waals surface area contributed by atoms with Crippen molar-refractivity contribution in [2.24, 2.45) is 0 Å². The first kappa shape index (κ1) is 21.6. The molecule has 7 heteroatoms. The normalized spacial score (nSPS) is 14.4. The molecule has 166 valence electrons. The number of hydrogen-bond acceptors (Lipinski definition) is 5. The van der Waals surface area contributed by atoms with E-state index in [1.54, 1.807) is 30.3 Å². The molecule has 1 aliphatic rings. The summed E-state index contributed by atoms with van der Waals surface area (Å²) in [4.78, 5) is 36.4. The number of benzene rings is 2. The third kappa shape index (κ3) is 4.51. The monoisotopic (exact) mass is 434 g/mol. The molecular weight excluding hydrogens is 408 g/mol.